The fraction of sp³-hybridized carbons (Fsp3) is 0.370. The Morgan fingerprint density at radius 2 is 1.88 bits per heavy atom. The van der Waals surface area contributed by atoms with Gasteiger partial charge < -0.3 is 9.64 Å². The van der Waals surface area contributed by atoms with Crippen LogP contribution < -0.4 is 15.2 Å². The highest BCUT2D eigenvalue weighted by molar-refractivity contribution is 7.88. The fourth-order valence-electron chi connectivity index (χ4n) is 4.76. The summed E-state index contributed by atoms with van der Waals surface area (Å²) in [5.41, 5.74) is 1.65. The summed E-state index contributed by atoms with van der Waals surface area (Å²) in [6.45, 7) is 5.29. The molecule has 0 saturated carbocycles. The van der Waals surface area contributed by atoms with Crippen LogP contribution in [-0.2, 0) is 16.6 Å². The summed E-state index contributed by atoms with van der Waals surface area (Å²) in [6.07, 6.45) is 5.47. The van der Waals surface area contributed by atoms with Gasteiger partial charge in [0.2, 0.25) is 16.0 Å². The highest BCUT2D eigenvalue weighted by Gasteiger charge is 2.26. The monoisotopic (exact) mass is 619 g/mol. The van der Waals surface area contributed by atoms with E-state index in [-0.39, 0.29) is 29.0 Å². The number of aliphatic imine (C=N–C) groups is 1. The first-order valence-corrected chi connectivity index (χ1v) is 15.3. The molecule has 1 fully saturated rings. The van der Waals surface area contributed by atoms with Crippen molar-refractivity contribution in [3.05, 3.63) is 80.8 Å². The molecule has 3 aromatic heterocycles. The standard InChI is InChI=1S/C27H28ClF2N7O4S/c1-16-13-32-21(20-4-5-31-27(34-20)35-6-8-36(9-7-35)42(3,39)40)12-23(16)37-17(2)10-24(25(28)26(37)38)41-15-22-19(30)11-18(29)14-33-22/h4-5,10-12,14,16H,6-9,13,15H2,1-3H3. The quantitative estimate of drug-likeness (QED) is 0.396. The molecule has 1 saturated heterocycles. The highest BCUT2D eigenvalue weighted by atomic mass is 35.5. The lowest BCUT2D eigenvalue weighted by atomic mass is 10.0. The molecule has 2 aliphatic heterocycles. The first-order valence-electron chi connectivity index (χ1n) is 13.1. The number of pyridine rings is 2. The van der Waals surface area contributed by atoms with E-state index in [2.05, 4.69) is 19.9 Å². The predicted molar refractivity (Wildman–Crippen MR) is 154 cm³/mol. The molecule has 222 valence electrons. The first-order chi connectivity index (χ1) is 19.9. The third-order valence-electron chi connectivity index (χ3n) is 7.03. The molecule has 0 spiro atoms. The number of hydrogen-bond acceptors (Lipinski definition) is 9. The Morgan fingerprint density at radius 1 is 1.14 bits per heavy atom. The number of ether oxygens (including phenoxy) is 1. The molecule has 5 heterocycles. The zero-order valence-corrected chi connectivity index (χ0v) is 24.7. The van der Waals surface area contributed by atoms with E-state index in [1.807, 2.05) is 11.8 Å². The molecule has 42 heavy (non-hydrogen) atoms. The largest absolute Gasteiger partial charge is 0.485 e. The minimum atomic E-state index is -3.26. The van der Waals surface area contributed by atoms with Crippen LogP contribution in [0.3, 0.4) is 0 Å². The summed E-state index contributed by atoms with van der Waals surface area (Å²) >= 11 is 6.41. The number of halogens is 3. The van der Waals surface area contributed by atoms with E-state index in [4.69, 9.17) is 16.3 Å². The van der Waals surface area contributed by atoms with Crippen molar-refractivity contribution < 1.29 is 21.9 Å². The van der Waals surface area contributed by atoms with Crippen molar-refractivity contribution in [2.45, 2.75) is 20.5 Å². The van der Waals surface area contributed by atoms with Crippen LogP contribution in [0.2, 0.25) is 5.02 Å². The van der Waals surface area contributed by atoms with Gasteiger partial charge in [0.25, 0.3) is 5.56 Å². The number of aromatic nitrogens is 4. The summed E-state index contributed by atoms with van der Waals surface area (Å²) in [7, 11) is -3.26. The number of sulfonamides is 1. The van der Waals surface area contributed by atoms with Gasteiger partial charge >= 0.3 is 0 Å². The summed E-state index contributed by atoms with van der Waals surface area (Å²) in [5, 5.41) is -0.196. The average molecular weight is 620 g/mol. The second-order valence-corrected chi connectivity index (χ2v) is 12.4. The van der Waals surface area contributed by atoms with Gasteiger partial charge in [0.1, 0.15) is 28.9 Å². The highest BCUT2D eigenvalue weighted by Crippen LogP contribution is 2.28. The number of aryl methyl sites for hydroxylation is 1. The van der Waals surface area contributed by atoms with Crippen LogP contribution in [0.4, 0.5) is 14.7 Å². The second kappa shape index (κ2) is 11.9. The number of rotatable bonds is 7. The number of piperazine rings is 1. The maximum atomic E-state index is 14.0. The zero-order valence-electron chi connectivity index (χ0n) is 23.1. The van der Waals surface area contributed by atoms with E-state index in [1.54, 1.807) is 31.3 Å². The lowest BCUT2D eigenvalue weighted by Gasteiger charge is -2.33. The minimum Gasteiger partial charge on any atom is -0.485 e. The topological polar surface area (TPSA) is 123 Å². The van der Waals surface area contributed by atoms with Crippen molar-refractivity contribution in [2.24, 2.45) is 10.9 Å². The van der Waals surface area contributed by atoms with Crippen LogP contribution in [0.25, 0.3) is 5.70 Å². The first kappa shape index (κ1) is 29.7. The molecular weight excluding hydrogens is 592 g/mol. The molecule has 1 unspecified atom stereocenters. The third kappa shape index (κ3) is 6.20. The number of anilines is 1. The Hall–Kier alpha value is -3.75. The average Bonchev–Trinajstić information content (AvgIpc) is 2.95. The molecular formula is C27H28ClF2N7O4S. The molecule has 0 aliphatic carbocycles. The molecule has 0 amide bonds. The SMILES string of the molecule is Cc1cc(OCc2ncc(F)cc2F)c(Cl)c(=O)n1C1=CC(c2ccnc(N3CCN(S(C)(=O)=O)CC3)n2)=NCC1C. The molecule has 15 heteroatoms. The molecule has 1 atom stereocenters. The zero-order chi connectivity index (χ0) is 30.2. The molecule has 5 rings (SSSR count). The van der Waals surface area contributed by atoms with Gasteiger partial charge in [-0.05, 0) is 19.1 Å². The predicted octanol–water partition coefficient (Wildman–Crippen LogP) is 2.91. The molecule has 11 nitrogen and oxygen atoms in total. The van der Waals surface area contributed by atoms with Crippen molar-refractivity contribution in [1.29, 1.82) is 0 Å². The lowest BCUT2D eigenvalue weighted by Crippen LogP contribution is -2.48. The lowest BCUT2D eigenvalue weighted by molar-refractivity contribution is 0.292. The number of nitrogens with zero attached hydrogens (tertiary/aromatic N) is 7. The van der Waals surface area contributed by atoms with Crippen molar-refractivity contribution >= 4 is 39.0 Å². The Bertz CT molecular complexity index is 1760. The number of hydrogen-bond donors (Lipinski definition) is 0. The van der Waals surface area contributed by atoms with Gasteiger partial charge in [-0.25, -0.2) is 27.2 Å². The van der Waals surface area contributed by atoms with E-state index >= 15 is 0 Å². The number of dihydropyridines is 1. The van der Waals surface area contributed by atoms with Gasteiger partial charge in [-0.15, -0.1) is 0 Å². The number of allylic oxidation sites excluding steroid dienone is 1. The summed E-state index contributed by atoms with van der Waals surface area (Å²) < 4.78 is 59.4. The maximum Gasteiger partial charge on any atom is 0.277 e. The van der Waals surface area contributed by atoms with Crippen molar-refractivity contribution in [2.75, 3.05) is 43.9 Å². The molecule has 0 N–H and O–H groups in total. The van der Waals surface area contributed by atoms with Crippen LogP contribution in [-0.4, -0.2) is 76.9 Å². The summed E-state index contributed by atoms with van der Waals surface area (Å²) in [5.74, 6) is -1.29. The maximum absolute atomic E-state index is 14.0. The van der Waals surface area contributed by atoms with Crippen molar-refractivity contribution in [3.63, 3.8) is 0 Å². The van der Waals surface area contributed by atoms with E-state index in [0.29, 0.717) is 67.5 Å². The summed E-state index contributed by atoms with van der Waals surface area (Å²) in [4.78, 5) is 32.8. The van der Waals surface area contributed by atoms with Crippen LogP contribution in [0.15, 0.2) is 46.5 Å². The van der Waals surface area contributed by atoms with E-state index in [0.717, 1.165) is 6.20 Å². The molecule has 0 aromatic carbocycles. The third-order valence-corrected chi connectivity index (χ3v) is 8.68. The van der Waals surface area contributed by atoms with Gasteiger partial charge in [-0.3, -0.25) is 19.3 Å². The van der Waals surface area contributed by atoms with Gasteiger partial charge in [-0.2, -0.15) is 4.31 Å². The smallest absolute Gasteiger partial charge is 0.277 e. The van der Waals surface area contributed by atoms with Crippen LogP contribution in [0.5, 0.6) is 5.75 Å². The van der Waals surface area contributed by atoms with Gasteiger partial charge in [0, 0.05) is 68.4 Å². The Morgan fingerprint density at radius 3 is 2.57 bits per heavy atom. The molecule has 3 aromatic rings. The van der Waals surface area contributed by atoms with Crippen LogP contribution >= 0.6 is 11.6 Å². The van der Waals surface area contributed by atoms with Gasteiger partial charge in [0.15, 0.2) is 5.82 Å². The van der Waals surface area contributed by atoms with E-state index < -0.39 is 27.2 Å². The van der Waals surface area contributed by atoms with E-state index in [1.165, 1.54) is 15.1 Å². The summed E-state index contributed by atoms with van der Waals surface area (Å²) in [6, 6.07) is 4.00. The Balaban J connectivity index is 1.39. The molecule has 0 radical (unpaired) electrons. The molecule has 0 bridgehead atoms. The van der Waals surface area contributed by atoms with Crippen molar-refractivity contribution in [3.8, 4) is 5.75 Å². The van der Waals surface area contributed by atoms with Crippen LogP contribution in [0, 0.1) is 24.5 Å². The van der Waals surface area contributed by atoms with E-state index in [9.17, 15) is 22.0 Å². The Kier molecular flexibility index (Phi) is 8.39. The normalized spacial score (nSPS) is 18.0. The van der Waals surface area contributed by atoms with Gasteiger partial charge in [-0.1, -0.05) is 18.5 Å². The molecule has 2 aliphatic rings. The Labute approximate surface area is 246 Å². The van der Waals surface area contributed by atoms with Gasteiger partial charge in [0.05, 0.1) is 23.9 Å². The van der Waals surface area contributed by atoms with Crippen LogP contribution in [0.1, 0.15) is 24.0 Å². The van der Waals surface area contributed by atoms with Crippen molar-refractivity contribution in [1.82, 2.24) is 23.8 Å². The second-order valence-electron chi connectivity index (χ2n) is 10.1. The minimum absolute atomic E-state index is 0.0512. The fourth-order valence-corrected chi connectivity index (χ4v) is 5.78.